The number of unbranched alkanes of at least 4 members (excludes halogenated alkanes) is 2. The van der Waals surface area contributed by atoms with Gasteiger partial charge < -0.3 is 93.7 Å². The fraction of sp³-hybridized carbons (Fsp3) is 0.711. The van der Waals surface area contributed by atoms with Crippen molar-refractivity contribution in [1.29, 1.82) is 0 Å². The van der Waals surface area contributed by atoms with Crippen LogP contribution in [0, 0.1) is 0 Å². The second-order valence-electron chi connectivity index (χ2n) is 15.3. The Morgan fingerprint density at radius 2 is 0.773 bits per heavy atom. The van der Waals surface area contributed by atoms with Gasteiger partial charge in [0.2, 0.25) is 35.4 Å². The van der Waals surface area contributed by atoms with E-state index in [0.29, 0.717) is 38.6 Å². The Bertz CT molecular complexity index is 1650. The third kappa shape index (κ3) is 27.6. The molecule has 7 atom stereocenters. The first kappa shape index (κ1) is 59.4. The summed E-state index contributed by atoms with van der Waals surface area (Å²) < 4.78 is 0. The van der Waals surface area contributed by atoms with Crippen molar-refractivity contribution in [1.82, 2.24) is 31.9 Å². The van der Waals surface area contributed by atoms with E-state index in [-0.39, 0.29) is 89.0 Å². The summed E-state index contributed by atoms with van der Waals surface area (Å²) in [6.07, 6.45) is 1.67. The summed E-state index contributed by atoms with van der Waals surface area (Å²) in [5.74, 6) is -8.15. The first-order valence-electron chi connectivity index (χ1n) is 21.7. The minimum Gasteiger partial charge on any atom is -0.481 e. The molecular formula is C38H74N18O10. The Morgan fingerprint density at radius 3 is 1.14 bits per heavy atom. The SMILES string of the molecule is C[C@H](NC(=O)[C@H](CCCN=C(N)N)NC(=O)[C@H](CCCCN)NC(=O)[C@@H](N)CCCN=C(N)N)C(=O)N[C@@H](CCCN=C(N)N)C(=O)N[C@H](CCCCN)C(=O)N[C@H](CCC(=O)O)C(=O)O. The molecule has 0 rings (SSSR count). The summed E-state index contributed by atoms with van der Waals surface area (Å²) in [6, 6.07) is -9.05. The largest absolute Gasteiger partial charge is 0.481 e. The second-order valence-corrected chi connectivity index (χ2v) is 15.3. The molecule has 376 valence electrons. The van der Waals surface area contributed by atoms with Crippen LogP contribution in [-0.2, 0) is 38.4 Å². The number of amides is 6. The van der Waals surface area contributed by atoms with Gasteiger partial charge in [0, 0.05) is 26.1 Å². The first-order valence-corrected chi connectivity index (χ1v) is 21.7. The highest BCUT2D eigenvalue weighted by atomic mass is 16.4. The van der Waals surface area contributed by atoms with E-state index in [9.17, 15) is 43.5 Å². The third-order valence-electron chi connectivity index (χ3n) is 9.63. The number of carboxylic acids is 2. The number of nitrogens with zero attached hydrogens (tertiary/aromatic N) is 3. The lowest BCUT2D eigenvalue weighted by molar-refractivity contribution is -0.143. The molecule has 0 saturated heterocycles. The van der Waals surface area contributed by atoms with Gasteiger partial charge in [-0.1, -0.05) is 0 Å². The van der Waals surface area contributed by atoms with Crippen LogP contribution in [0.25, 0.3) is 0 Å². The zero-order valence-corrected chi connectivity index (χ0v) is 37.7. The minimum atomic E-state index is -1.58. The van der Waals surface area contributed by atoms with Crippen LogP contribution in [0.2, 0.25) is 0 Å². The molecule has 66 heavy (non-hydrogen) atoms. The average Bonchev–Trinajstić information content (AvgIpc) is 3.24. The van der Waals surface area contributed by atoms with Gasteiger partial charge in [0.05, 0.1) is 6.04 Å². The van der Waals surface area contributed by atoms with Crippen molar-refractivity contribution in [2.45, 2.75) is 139 Å². The molecule has 0 aromatic carbocycles. The molecule has 0 aliphatic heterocycles. The molecule has 0 aromatic rings. The molecule has 28 heteroatoms. The molecule has 26 N–H and O–H groups in total. The molecule has 6 amide bonds. The van der Waals surface area contributed by atoms with E-state index in [1.165, 1.54) is 6.92 Å². The molecule has 0 saturated carbocycles. The number of hydrogen-bond donors (Lipinski definition) is 17. The third-order valence-corrected chi connectivity index (χ3v) is 9.63. The van der Waals surface area contributed by atoms with Crippen molar-refractivity contribution < 1.29 is 48.6 Å². The van der Waals surface area contributed by atoms with Crippen LogP contribution in [0.3, 0.4) is 0 Å². The van der Waals surface area contributed by atoms with Gasteiger partial charge in [0.15, 0.2) is 17.9 Å². The fourth-order valence-corrected chi connectivity index (χ4v) is 6.02. The van der Waals surface area contributed by atoms with Crippen molar-refractivity contribution in [2.24, 2.45) is 66.6 Å². The summed E-state index contributed by atoms with van der Waals surface area (Å²) in [7, 11) is 0. The van der Waals surface area contributed by atoms with Gasteiger partial charge in [-0.05, 0) is 103 Å². The molecule has 0 aromatic heterocycles. The number of nitrogens with two attached hydrogens (primary N) is 9. The van der Waals surface area contributed by atoms with E-state index in [0.717, 1.165) is 0 Å². The van der Waals surface area contributed by atoms with Crippen LogP contribution in [0.5, 0.6) is 0 Å². The van der Waals surface area contributed by atoms with Crippen LogP contribution in [0.15, 0.2) is 15.0 Å². The maximum Gasteiger partial charge on any atom is 0.326 e. The average molecular weight is 943 g/mol. The Balaban J connectivity index is 6.39. The molecule has 0 aliphatic carbocycles. The van der Waals surface area contributed by atoms with Crippen molar-refractivity contribution in [3.8, 4) is 0 Å². The molecule has 0 radical (unpaired) electrons. The number of aliphatic carboxylic acids is 2. The van der Waals surface area contributed by atoms with Crippen LogP contribution in [0.1, 0.15) is 96.8 Å². The zero-order chi connectivity index (χ0) is 50.2. The quantitative estimate of drug-likeness (QED) is 0.0158. The van der Waals surface area contributed by atoms with Crippen LogP contribution >= 0.6 is 0 Å². The van der Waals surface area contributed by atoms with Crippen molar-refractivity contribution in [2.75, 3.05) is 32.7 Å². The zero-order valence-electron chi connectivity index (χ0n) is 37.7. The predicted molar refractivity (Wildman–Crippen MR) is 245 cm³/mol. The number of carbonyl (C=O) groups is 8. The molecule has 0 unspecified atom stereocenters. The van der Waals surface area contributed by atoms with E-state index < -0.39 is 103 Å². The summed E-state index contributed by atoms with van der Waals surface area (Å²) >= 11 is 0. The predicted octanol–water partition coefficient (Wildman–Crippen LogP) is -6.39. The van der Waals surface area contributed by atoms with E-state index in [4.69, 9.17) is 56.7 Å². The minimum absolute atomic E-state index is 0.00250. The number of carboxylic acid groups (broad SMARTS) is 2. The Morgan fingerprint density at radius 1 is 0.439 bits per heavy atom. The molecule has 0 spiro atoms. The first-order chi connectivity index (χ1) is 31.1. The Kier molecular flexibility index (Phi) is 30.5. The van der Waals surface area contributed by atoms with Crippen LogP contribution < -0.4 is 83.5 Å². The van der Waals surface area contributed by atoms with Crippen LogP contribution in [-0.4, -0.2) is 150 Å². The van der Waals surface area contributed by atoms with Gasteiger partial charge in [-0.15, -0.1) is 0 Å². The van der Waals surface area contributed by atoms with Gasteiger partial charge >= 0.3 is 11.9 Å². The lowest BCUT2D eigenvalue weighted by Crippen LogP contribution is -2.59. The lowest BCUT2D eigenvalue weighted by atomic mass is 10.0. The van der Waals surface area contributed by atoms with Gasteiger partial charge in [0.25, 0.3) is 0 Å². The van der Waals surface area contributed by atoms with E-state index >= 15 is 0 Å². The topological polar surface area (TPSA) is 520 Å². The molecule has 0 fully saturated rings. The Hall–Kier alpha value is -6.55. The van der Waals surface area contributed by atoms with Gasteiger partial charge in [-0.25, -0.2) is 4.79 Å². The van der Waals surface area contributed by atoms with E-state index in [1.807, 2.05) is 0 Å². The smallest absolute Gasteiger partial charge is 0.326 e. The van der Waals surface area contributed by atoms with Crippen LogP contribution in [0.4, 0.5) is 0 Å². The summed E-state index contributed by atoms with van der Waals surface area (Å²) in [4.78, 5) is 116. The fourth-order valence-electron chi connectivity index (χ4n) is 6.02. The van der Waals surface area contributed by atoms with Gasteiger partial charge in [-0.2, -0.15) is 0 Å². The number of aliphatic imine (C=N–C) groups is 3. The maximum atomic E-state index is 13.8. The highest BCUT2D eigenvalue weighted by molar-refractivity contribution is 5.97. The number of nitrogens with one attached hydrogen (secondary N) is 6. The highest BCUT2D eigenvalue weighted by Gasteiger charge is 2.32. The number of rotatable bonds is 36. The van der Waals surface area contributed by atoms with Gasteiger partial charge in [-0.3, -0.25) is 48.5 Å². The molecule has 0 heterocycles. The standard InChI is InChI=1S/C38H74N18O10/c1-21(29(59)52-26(13-8-20-50-38(46)47)33(63)54-24(11-3-5-17-40)34(64)56-27(35(65)66)14-15-28(57)58)51-31(61)25(12-7-19-49-37(44)45)55-32(62)23(10-2-4-16-39)53-30(60)22(41)9-6-18-48-36(42)43/h21-27H,2-20,39-41H2,1H3,(H,51,61)(H,52,59)(H,53,60)(H,54,63)(H,55,62)(H,56,64)(H,57,58)(H,65,66)(H4,42,43,48)(H4,44,45,49)(H4,46,47,50)/t21-,22-,23-,24+,25-,26-,27+/m0/s1. The monoisotopic (exact) mass is 943 g/mol. The number of guanidine groups is 3. The summed E-state index contributed by atoms with van der Waals surface area (Å²) in [5.41, 5.74) is 49.8. The summed E-state index contributed by atoms with van der Waals surface area (Å²) in [5, 5.41) is 33.8. The molecule has 28 nitrogen and oxygen atoms in total. The number of hydrogen-bond acceptors (Lipinski definition) is 14. The Labute approximate surface area is 383 Å². The number of carbonyl (C=O) groups excluding carboxylic acids is 6. The van der Waals surface area contributed by atoms with Crippen molar-refractivity contribution in [3.63, 3.8) is 0 Å². The van der Waals surface area contributed by atoms with E-state index in [1.54, 1.807) is 0 Å². The second kappa shape index (κ2) is 33.9. The van der Waals surface area contributed by atoms with Gasteiger partial charge in [0.1, 0.15) is 36.3 Å². The highest BCUT2D eigenvalue weighted by Crippen LogP contribution is 2.09. The normalized spacial score (nSPS) is 13.9. The van der Waals surface area contributed by atoms with E-state index in [2.05, 4.69) is 46.9 Å². The lowest BCUT2D eigenvalue weighted by Gasteiger charge is -2.27. The molecule has 0 bridgehead atoms. The molecule has 0 aliphatic rings. The van der Waals surface area contributed by atoms with Crippen molar-refractivity contribution >= 4 is 65.3 Å². The summed E-state index contributed by atoms with van der Waals surface area (Å²) in [6.45, 7) is 2.22. The maximum absolute atomic E-state index is 13.8. The van der Waals surface area contributed by atoms with Crippen molar-refractivity contribution in [3.05, 3.63) is 0 Å². The molecular weight excluding hydrogens is 869 g/mol.